The van der Waals surface area contributed by atoms with Gasteiger partial charge in [0.2, 0.25) is 0 Å². The van der Waals surface area contributed by atoms with E-state index in [1.54, 1.807) is 6.07 Å². The molecule has 3 fully saturated rings. The van der Waals surface area contributed by atoms with Gasteiger partial charge in [-0.25, -0.2) is 4.39 Å². The third-order valence-corrected chi connectivity index (χ3v) is 8.91. The lowest BCUT2D eigenvalue weighted by atomic mass is 9.59. The van der Waals surface area contributed by atoms with Crippen molar-refractivity contribution in [3.8, 4) is 12.1 Å². The number of esters is 1. The van der Waals surface area contributed by atoms with Crippen molar-refractivity contribution < 1.29 is 13.9 Å². The molecule has 198 valence electrons. The lowest BCUT2D eigenvalue weighted by molar-refractivity contribution is -0.149. The Morgan fingerprint density at radius 3 is 2.45 bits per heavy atom. The lowest BCUT2D eigenvalue weighted by Crippen LogP contribution is -2.54. The smallest absolute Gasteiger partial charge is 0.302 e. The summed E-state index contributed by atoms with van der Waals surface area (Å²) in [5, 5.41) is 19.8. The third kappa shape index (κ3) is 5.13. The van der Waals surface area contributed by atoms with Crippen molar-refractivity contribution in [1.29, 1.82) is 10.5 Å². The van der Waals surface area contributed by atoms with Crippen LogP contribution in [0.1, 0.15) is 50.2 Å². The molecule has 3 aliphatic rings. The van der Waals surface area contributed by atoms with E-state index in [4.69, 9.17) is 10.00 Å². The Hall–Kier alpha value is -3.42. The number of benzene rings is 2. The van der Waals surface area contributed by atoms with Gasteiger partial charge in [-0.2, -0.15) is 10.5 Å². The van der Waals surface area contributed by atoms with Crippen molar-refractivity contribution in [2.45, 2.75) is 50.5 Å². The number of carbonyl (C=O) groups is 1. The summed E-state index contributed by atoms with van der Waals surface area (Å²) in [7, 11) is 0. The fraction of sp³-hybridized carbons (Fsp3) is 0.516. The maximum Gasteiger partial charge on any atom is 0.302 e. The number of anilines is 1. The highest BCUT2D eigenvalue weighted by molar-refractivity contribution is 5.66. The molecule has 0 spiro atoms. The van der Waals surface area contributed by atoms with E-state index < -0.39 is 5.41 Å². The Morgan fingerprint density at radius 2 is 1.82 bits per heavy atom. The molecule has 0 aromatic heterocycles. The number of piperidine rings is 1. The summed E-state index contributed by atoms with van der Waals surface area (Å²) in [4.78, 5) is 16.7. The van der Waals surface area contributed by atoms with Crippen molar-refractivity contribution in [2.75, 3.05) is 37.6 Å². The first kappa shape index (κ1) is 26.2. The number of nitrogens with zero attached hydrogens (tertiary/aromatic N) is 4. The van der Waals surface area contributed by atoms with E-state index in [1.165, 1.54) is 19.1 Å². The van der Waals surface area contributed by atoms with Crippen molar-refractivity contribution in [2.24, 2.45) is 17.8 Å². The van der Waals surface area contributed by atoms with Crippen LogP contribution in [0, 0.1) is 46.2 Å². The van der Waals surface area contributed by atoms with Crippen LogP contribution >= 0.6 is 0 Å². The minimum Gasteiger partial charge on any atom is -0.462 e. The third-order valence-electron chi connectivity index (χ3n) is 8.91. The highest BCUT2D eigenvalue weighted by atomic mass is 19.1. The molecule has 2 heterocycles. The molecule has 5 rings (SSSR count). The molecule has 0 bridgehead atoms. The van der Waals surface area contributed by atoms with Crippen molar-refractivity contribution in [1.82, 2.24) is 4.90 Å². The molecule has 3 atom stereocenters. The first-order valence-electron chi connectivity index (χ1n) is 13.7. The summed E-state index contributed by atoms with van der Waals surface area (Å²) in [5.41, 5.74) is 1.68. The van der Waals surface area contributed by atoms with Crippen molar-refractivity contribution in [3.05, 3.63) is 65.5 Å². The summed E-state index contributed by atoms with van der Waals surface area (Å²) < 4.78 is 20.1. The topological polar surface area (TPSA) is 80.4 Å². The second-order valence-electron chi connectivity index (χ2n) is 11.2. The second kappa shape index (κ2) is 11.1. The van der Waals surface area contributed by atoms with Crippen LogP contribution in [0.3, 0.4) is 0 Å². The zero-order chi connectivity index (χ0) is 26.7. The molecule has 2 aliphatic heterocycles. The summed E-state index contributed by atoms with van der Waals surface area (Å²) in [6.45, 7) is 6.27. The highest BCUT2D eigenvalue weighted by Gasteiger charge is 2.53. The fourth-order valence-corrected chi connectivity index (χ4v) is 7.12. The van der Waals surface area contributed by atoms with E-state index in [1.807, 2.05) is 30.3 Å². The average molecular weight is 515 g/mol. The van der Waals surface area contributed by atoms with Gasteiger partial charge < -0.3 is 14.5 Å². The highest BCUT2D eigenvalue weighted by Crippen LogP contribution is 2.51. The fourth-order valence-electron chi connectivity index (χ4n) is 7.12. The van der Waals surface area contributed by atoms with Crippen LogP contribution in [0.15, 0.2) is 48.5 Å². The van der Waals surface area contributed by atoms with Crippen LogP contribution in [0.4, 0.5) is 10.1 Å². The van der Waals surface area contributed by atoms with E-state index in [-0.39, 0.29) is 29.7 Å². The second-order valence-corrected chi connectivity index (χ2v) is 11.2. The first-order valence-corrected chi connectivity index (χ1v) is 13.7. The Balaban J connectivity index is 1.26. The van der Waals surface area contributed by atoms with Crippen molar-refractivity contribution >= 4 is 11.7 Å². The molecule has 1 unspecified atom stereocenters. The van der Waals surface area contributed by atoms with Gasteiger partial charge in [-0.15, -0.1) is 0 Å². The number of nitriles is 2. The maximum absolute atomic E-state index is 14.4. The number of hydrogen-bond acceptors (Lipinski definition) is 6. The molecule has 7 heteroatoms. The monoisotopic (exact) mass is 514 g/mol. The molecule has 0 radical (unpaired) electrons. The Morgan fingerprint density at radius 1 is 1.08 bits per heavy atom. The summed E-state index contributed by atoms with van der Waals surface area (Å²) >= 11 is 0. The number of likely N-dealkylation sites (tertiary alicyclic amines) is 1. The molecular weight excluding hydrogens is 479 g/mol. The first-order chi connectivity index (χ1) is 18.4. The van der Waals surface area contributed by atoms with Gasteiger partial charge in [0.05, 0.1) is 23.1 Å². The van der Waals surface area contributed by atoms with E-state index in [0.717, 1.165) is 76.1 Å². The van der Waals surface area contributed by atoms with Gasteiger partial charge >= 0.3 is 5.97 Å². The van der Waals surface area contributed by atoms with Crippen LogP contribution in [0.5, 0.6) is 0 Å². The molecule has 1 saturated carbocycles. The van der Waals surface area contributed by atoms with Gasteiger partial charge in [-0.1, -0.05) is 12.1 Å². The van der Waals surface area contributed by atoms with Gasteiger partial charge in [-0.05, 0) is 93.1 Å². The Labute approximate surface area is 224 Å². The predicted molar refractivity (Wildman–Crippen MR) is 143 cm³/mol. The van der Waals surface area contributed by atoms with Crippen LogP contribution in [0.25, 0.3) is 0 Å². The molecule has 2 aromatic rings. The number of ether oxygens (including phenoxy) is 1. The predicted octanol–water partition coefficient (Wildman–Crippen LogP) is 5.04. The Kier molecular flexibility index (Phi) is 7.68. The summed E-state index contributed by atoms with van der Waals surface area (Å²) in [6.07, 6.45) is 3.86. The minimum atomic E-state index is -0.881. The van der Waals surface area contributed by atoms with Gasteiger partial charge in [-0.3, -0.25) is 4.79 Å². The van der Waals surface area contributed by atoms with E-state index in [0.29, 0.717) is 11.5 Å². The molecule has 6 nitrogen and oxygen atoms in total. The lowest BCUT2D eigenvalue weighted by Gasteiger charge is -2.47. The SMILES string of the molecule is CC(=O)O[C@@H]1CCC[C@H]1C(C#N)(c1cccc(F)c1)C1CCN(CC2CN(c3ccc(C#N)cc3)C2)CC1. The largest absolute Gasteiger partial charge is 0.462 e. The molecule has 0 N–H and O–H groups in total. The van der Waals surface area contributed by atoms with Crippen LogP contribution < -0.4 is 4.90 Å². The molecule has 1 aliphatic carbocycles. The summed E-state index contributed by atoms with van der Waals surface area (Å²) in [6, 6.07) is 19.1. The number of halogens is 1. The molecule has 38 heavy (non-hydrogen) atoms. The van der Waals surface area contributed by atoms with Gasteiger partial charge in [0.15, 0.2) is 0 Å². The van der Waals surface area contributed by atoms with E-state index >= 15 is 0 Å². The summed E-state index contributed by atoms with van der Waals surface area (Å²) in [5.74, 6) is -0.128. The standard InChI is InChI=1S/C31H35FN4O2/c1-22(37)38-30-7-3-6-29(30)31(21-34,26-4-2-5-27(32)16-26)25-12-14-35(15-13-25)18-24-19-36(20-24)28-10-8-23(17-33)9-11-28/h2,4-5,8-11,16,24-25,29-30H,3,6-7,12-15,18-20H2,1H3/t29-,30-,31?/m1/s1. The van der Waals surface area contributed by atoms with Gasteiger partial charge in [0.25, 0.3) is 0 Å². The Bertz CT molecular complexity index is 1220. The number of rotatable bonds is 7. The van der Waals surface area contributed by atoms with Crippen LogP contribution in [-0.2, 0) is 14.9 Å². The number of hydrogen-bond donors (Lipinski definition) is 0. The molecule has 2 saturated heterocycles. The zero-order valence-corrected chi connectivity index (χ0v) is 22.0. The van der Waals surface area contributed by atoms with Crippen LogP contribution in [-0.4, -0.2) is 49.7 Å². The van der Waals surface area contributed by atoms with Crippen LogP contribution in [0.2, 0.25) is 0 Å². The van der Waals surface area contributed by atoms with Crippen molar-refractivity contribution in [3.63, 3.8) is 0 Å². The zero-order valence-electron chi connectivity index (χ0n) is 22.0. The normalized spacial score (nSPS) is 24.2. The van der Waals surface area contributed by atoms with E-state index in [9.17, 15) is 14.4 Å². The molecule has 0 amide bonds. The van der Waals surface area contributed by atoms with Gasteiger partial charge in [0.1, 0.15) is 11.9 Å². The minimum absolute atomic E-state index is 0.0725. The maximum atomic E-state index is 14.4. The molecular formula is C31H35FN4O2. The van der Waals surface area contributed by atoms with E-state index in [2.05, 4.69) is 21.9 Å². The average Bonchev–Trinajstić information content (AvgIpc) is 3.35. The van der Waals surface area contributed by atoms with Gasteiger partial charge in [0, 0.05) is 44.1 Å². The molecule has 2 aromatic carbocycles. The quantitative estimate of drug-likeness (QED) is 0.482. The number of carbonyl (C=O) groups excluding carboxylic acids is 1.